The Balaban J connectivity index is 2.56. The van der Waals surface area contributed by atoms with Crippen molar-refractivity contribution in [3.05, 3.63) is 29.8 Å². The molecule has 1 N–H and O–H groups in total. The summed E-state index contributed by atoms with van der Waals surface area (Å²) in [6, 6.07) is 7.57. The second-order valence-corrected chi connectivity index (χ2v) is 5.96. The van der Waals surface area contributed by atoms with Crippen LogP contribution in [0.5, 0.6) is 5.75 Å². The number of aliphatic carboxylic acids is 1. The van der Waals surface area contributed by atoms with Crippen molar-refractivity contribution in [3.63, 3.8) is 0 Å². The molecule has 5 heteroatoms. The molecule has 5 nitrogen and oxygen atoms in total. The number of carbonyl (C=O) groups is 2. The van der Waals surface area contributed by atoms with Gasteiger partial charge in [-0.25, -0.2) is 0 Å². The second-order valence-electron chi connectivity index (χ2n) is 5.96. The lowest BCUT2D eigenvalue weighted by Gasteiger charge is -2.34. The van der Waals surface area contributed by atoms with E-state index in [1.807, 2.05) is 52.0 Å². The number of amides is 1. The Morgan fingerprint density at radius 2 is 1.95 bits per heavy atom. The Hall–Kier alpha value is -2.04. The summed E-state index contributed by atoms with van der Waals surface area (Å²) < 4.78 is 5.53. The van der Waals surface area contributed by atoms with Crippen LogP contribution in [0.15, 0.2) is 24.3 Å². The number of nitrogens with zero attached hydrogens (tertiary/aromatic N) is 1. The average Bonchev–Trinajstić information content (AvgIpc) is 2.34. The number of hydrogen-bond donors (Lipinski definition) is 1. The van der Waals surface area contributed by atoms with Crippen LogP contribution < -0.4 is 4.74 Å². The van der Waals surface area contributed by atoms with Gasteiger partial charge in [-0.1, -0.05) is 12.1 Å². The maximum absolute atomic E-state index is 12.2. The first-order valence-electron chi connectivity index (χ1n) is 6.92. The quantitative estimate of drug-likeness (QED) is 0.875. The van der Waals surface area contributed by atoms with Gasteiger partial charge >= 0.3 is 5.97 Å². The van der Waals surface area contributed by atoms with E-state index in [2.05, 4.69) is 0 Å². The SMILES string of the molecule is Cc1cccc(OCCC(=O)N(CC(=O)O)C(C)(C)C)c1. The van der Waals surface area contributed by atoms with E-state index in [0.717, 1.165) is 5.56 Å². The Morgan fingerprint density at radius 1 is 1.29 bits per heavy atom. The lowest BCUT2D eigenvalue weighted by Crippen LogP contribution is -2.48. The van der Waals surface area contributed by atoms with Crippen LogP contribution in [0.4, 0.5) is 0 Å². The van der Waals surface area contributed by atoms with Gasteiger partial charge in [0.25, 0.3) is 0 Å². The predicted molar refractivity (Wildman–Crippen MR) is 80.4 cm³/mol. The first kappa shape index (κ1) is 17.0. The standard InChI is InChI=1S/C16H23NO4/c1-12-6-5-7-13(10-12)21-9-8-14(18)17(11-15(19)20)16(2,3)4/h5-7,10H,8-9,11H2,1-4H3,(H,19,20). The number of carbonyl (C=O) groups excluding carboxylic acids is 1. The predicted octanol–water partition coefficient (Wildman–Crippen LogP) is 2.48. The minimum atomic E-state index is -1.02. The summed E-state index contributed by atoms with van der Waals surface area (Å²) in [5.41, 5.74) is 0.555. The van der Waals surface area contributed by atoms with Crippen molar-refractivity contribution in [2.45, 2.75) is 39.7 Å². The van der Waals surface area contributed by atoms with Gasteiger partial charge in [0.15, 0.2) is 0 Å². The molecular weight excluding hydrogens is 270 g/mol. The van der Waals surface area contributed by atoms with Crippen molar-refractivity contribution in [1.82, 2.24) is 4.90 Å². The molecule has 1 aromatic rings. The number of carboxylic acid groups (broad SMARTS) is 1. The van der Waals surface area contributed by atoms with Gasteiger partial charge in [0.05, 0.1) is 13.0 Å². The van der Waals surface area contributed by atoms with Crippen molar-refractivity contribution in [1.29, 1.82) is 0 Å². The van der Waals surface area contributed by atoms with E-state index in [0.29, 0.717) is 5.75 Å². The van der Waals surface area contributed by atoms with Gasteiger partial charge in [-0.15, -0.1) is 0 Å². The van der Waals surface area contributed by atoms with Crippen LogP contribution in [0.2, 0.25) is 0 Å². The second kappa shape index (κ2) is 7.11. The van der Waals surface area contributed by atoms with E-state index in [1.165, 1.54) is 4.90 Å². The summed E-state index contributed by atoms with van der Waals surface area (Å²) in [6.07, 6.45) is 0.151. The zero-order valence-electron chi connectivity index (χ0n) is 13.0. The van der Waals surface area contributed by atoms with E-state index < -0.39 is 11.5 Å². The highest BCUT2D eigenvalue weighted by Gasteiger charge is 2.27. The molecule has 0 bridgehead atoms. The maximum atomic E-state index is 12.2. The van der Waals surface area contributed by atoms with Crippen LogP contribution in [0.3, 0.4) is 0 Å². The fraction of sp³-hybridized carbons (Fsp3) is 0.500. The summed E-state index contributed by atoms with van der Waals surface area (Å²) >= 11 is 0. The maximum Gasteiger partial charge on any atom is 0.323 e. The lowest BCUT2D eigenvalue weighted by molar-refractivity contribution is -0.148. The zero-order chi connectivity index (χ0) is 16.0. The summed E-state index contributed by atoms with van der Waals surface area (Å²) in [5.74, 6) is -0.529. The van der Waals surface area contributed by atoms with Gasteiger partial charge in [0.1, 0.15) is 12.3 Å². The van der Waals surface area contributed by atoms with E-state index in [1.54, 1.807) is 0 Å². The van der Waals surface area contributed by atoms with Crippen molar-refractivity contribution in [2.75, 3.05) is 13.2 Å². The smallest absolute Gasteiger partial charge is 0.323 e. The fourth-order valence-corrected chi connectivity index (χ4v) is 1.93. The molecule has 0 fully saturated rings. The van der Waals surface area contributed by atoms with E-state index in [-0.39, 0.29) is 25.5 Å². The molecule has 0 aliphatic carbocycles. The van der Waals surface area contributed by atoms with Gasteiger partial charge < -0.3 is 14.7 Å². The van der Waals surface area contributed by atoms with Crippen LogP contribution in [0, 0.1) is 6.92 Å². The third-order valence-electron chi connectivity index (χ3n) is 2.98. The minimum absolute atomic E-state index is 0.151. The van der Waals surface area contributed by atoms with Crippen molar-refractivity contribution in [3.8, 4) is 5.75 Å². The largest absolute Gasteiger partial charge is 0.493 e. The van der Waals surface area contributed by atoms with Gasteiger partial charge in [-0.05, 0) is 45.4 Å². The number of carboxylic acids is 1. The Morgan fingerprint density at radius 3 is 2.48 bits per heavy atom. The molecule has 1 amide bonds. The van der Waals surface area contributed by atoms with Crippen molar-refractivity contribution >= 4 is 11.9 Å². The van der Waals surface area contributed by atoms with Gasteiger partial charge in [-0.2, -0.15) is 0 Å². The van der Waals surface area contributed by atoms with Gasteiger partial charge in [0.2, 0.25) is 5.91 Å². The first-order valence-corrected chi connectivity index (χ1v) is 6.92. The fourth-order valence-electron chi connectivity index (χ4n) is 1.93. The minimum Gasteiger partial charge on any atom is -0.493 e. The number of aryl methyl sites for hydroxylation is 1. The number of ether oxygens (including phenoxy) is 1. The highest BCUT2D eigenvalue weighted by Crippen LogP contribution is 2.16. The third-order valence-corrected chi connectivity index (χ3v) is 2.98. The molecule has 0 aliphatic rings. The number of rotatable bonds is 6. The normalized spacial score (nSPS) is 11.0. The van der Waals surface area contributed by atoms with Crippen LogP contribution in [0.1, 0.15) is 32.8 Å². The van der Waals surface area contributed by atoms with E-state index in [9.17, 15) is 9.59 Å². The third kappa shape index (κ3) is 5.85. The topological polar surface area (TPSA) is 66.8 Å². The summed E-state index contributed by atoms with van der Waals surface area (Å²) in [5, 5.41) is 8.90. The Kier molecular flexibility index (Phi) is 5.76. The van der Waals surface area contributed by atoms with E-state index >= 15 is 0 Å². The van der Waals surface area contributed by atoms with Crippen molar-refractivity contribution < 1.29 is 19.4 Å². The van der Waals surface area contributed by atoms with Crippen LogP contribution in [-0.4, -0.2) is 40.6 Å². The highest BCUT2D eigenvalue weighted by atomic mass is 16.5. The van der Waals surface area contributed by atoms with Crippen LogP contribution in [0.25, 0.3) is 0 Å². The molecule has 0 radical (unpaired) electrons. The van der Waals surface area contributed by atoms with Crippen LogP contribution in [-0.2, 0) is 9.59 Å². The lowest BCUT2D eigenvalue weighted by atomic mass is 10.1. The molecule has 21 heavy (non-hydrogen) atoms. The Bertz CT molecular complexity index is 505. The van der Waals surface area contributed by atoms with Gasteiger partial charge in [0, 0.05) is 5.54 Å². The molecule has 0 heterocycles. The average molecular weight is 293 g/mol. The molecule has 1 aromatic carbocycles. The molecule has 0 aliphatic heterocycles. The molecule has 0 aromatic heterocycles. The summed E-state index contributed by atoms with van der Waals surface area (Å²) in [4.78, 5) is 24.4. The molecule has 0 saturated heterocycles. The Labute approximate surface area is 125 Å². The van der Waals surface area contributed by atoms with E-state index in [4.69, 9.17) is 9.84 Å². The highest BCUT2D eigenvalue weighted by molar-refractivity contribution is 5.82. The van der Waals surface area contributed by atoms with Crippen molar-refractivity contribution in [2.24, 2.45) is 0 Å². The summed E-state index contributed by atoms with van der Waals surface area (Å²) in [6.45, 7) is 7.34. The monoisotopic (exact) mass is 293 g/mol. The van der Waals surface area contributed by atoms with Gasteiger partial charge in [-0.3, -0.25) is 9.59 Å². The molecule has 116 valence electrons. The molecule has 1 rings (SSSR count). The molecule has 0 saturated carbocycles. The summed E-state index contributed by atoms with van der Waals surface area (Å²) in [7, 11) is 0. The number of hydrogen-bond acceptors (Lipinski definition) is 3. The number of benzene rings is 1. The molecular formula is C16H23NO4. The molecule has 0 atom stereocenters. The molecule has 0 spiro atoms. The first-order chi connectivity index (χ1) is 9.70. The molecule has 0 unspecified atom stereocenters. The zero-order valence-corrected chi connectivity index (χ0v) is 13.0. The van der Waals surface area contributed by atoms with Crippen LogP contribution >= 0.6 is 0 Å².